The van der Waals surface area contributed by atoms with Crippen molar-refractivity contribution in [2.45, 2.75) is 30.2 Å². The van der Waals surface area contributed by atoms with Gasteiger partial charge in [-0.3, -0.25) is 0 Å². The molecule has 1 aromatic rings. The van der Waals surface area contributed by atoms with Crippen molar-refractivity contribution in [3.63, 3.8) is 0 Å². The number of alkyl halides is 2. The lowest BCUT2D eigenvalue weighted by Crippen LogP contribution is -2.39. The predicted octanol–water partition coefficient (Wildman–Crippen LogP) is 2.24. The maximum Gasteiger partial charge on any atom is 0.255 e. The lowest BCUT2D eigenvalue weighted by Gasteiger charge is -2.23. The highest BCUT2D eigenvalue weighted by Crippen LogP contribution is 2.29. The van der Waals surface area contributed by atoms with Gasteiger partial charge in [0.2, 0.25) is 10.0 Å². The Balaban J connectivity index is 2.33. The van der Waals surface area contributed by atoms with Crippen molar-refractivity contribution < 1.29 is 21.6 Å². The molecular weight excluding hydrogens is 267 g/mol. The molecule has 1 aliphatic rings. The molecule has 7 heteroatoms. The quantitative estimate of drug-likeness (QED) is 0.851. The highest BCUT2D eigenvalue weighted by Gasteiger charge is 2.40. The fourth-order valence-electron chi connectivity index (χ4n) is 2.06. The number of hydrogen-bond acceptors (Lipinski definition) is 2. The van der Waals surface area contributed by atoms with Crippen LogP contribution < -0.4 is 0 Å². The van der Waals surface area contributed by atoms with E-state index in [0.717, 1.165) is 28.6 Å². The van der Waals surface area contributed by atoms with Gasteiger partial charge in [-0.25, -0.2) is 21.6 Å². The molecule has 1 aliphatic heterocycles. The topological polar surface area (TPSA) is 37.4 Å². The van der Waals surface area contributed by atoms with Crippen LogP contribution in [0.25, 0.3) is 0 Å². The lowest BCUT2D eigenvalue weighted by atomic mass is 10.2. The molecule has 3 nitrogen and oxygen atoms in total. The first-order valence-electron chi connectivity index (χ1n) is 5.48. The van der Waals surface area contributed by atoms with Crippen LogP contribution in [0.15, 0.2) is 29.2 Å². The SMILES string of the molecule is O=S(=O)(c1ccc(F)cc1)N1CCC[C@H]1C(F)F. The zero-order valence-corrected chi connectivity index (χ0v) is 10.2. The summed E-state index contributed by atoms with van der Waals surface area (Å²) in [5.74, 6) is -0.569. The van der Waals surface area contributed by atoms with Crippen LogP contribution in [0.3, 0.4) is 0 Å². The zero-order chi connectivity index (χ0) is 13.3. The molecule has 0 bridgehead atoms. The molecule has 100 valence electrons. The molecule has 1 aromatic carbocycles. The zero-order valence-electron chi connectivity index (χ0n) is 9.39. The van der Waals surface area contributed by atoms with E-state index in [9.17, 15) is 21.6 Å². The molecule has 0 aliphatic carbocycles. The number of benzene rings is 1. The molecule has 1 atom stereocenters. The normalized spacial score (nSPS) is 21.7. The number of hydrogen-bond donors (Lipinski definition) is 0. The van der Waals surface area contributed by atoms with Gasteiger partial charge in [-0.1, -0.05) is 0 Å². The van der Waals surface area contributed by atoms with Crippen molar-refractivity contribution in [1.82, 2.24) is 4.31 Å². The van der Waals surface area contributed by atoms with Crippen molar-refractivity contribution in [3.05, 3.63) is 30.1 Å². The summed E-state index contributed by atoms with van der Waals surface area (Å²) in [6.45, 7) is 0.0781. The fraction of sp³-hybridized carbons (Fsp3) is 0.455. The summed E-state index contributed by atoms with van der Waals surface area (Å²) in [5.41, 5.74) is 0. The Morgan fingerprint density at radius 1 is 1.22 bits per heavy atom. The first-order chi connectivity index (χ1) is 8.43. The third-order valence-corrected chi connectivity index (χ3v) is 4.90. The van der Waals surface area contributed by atoms with E-state index in [1.807, 2.05) is 0 Å². The van der Waals surface area contributed by atoms with Crippen LogP contribution in [-0.2, 0) is 10.0 Å². The van der Waals surface area contributed by atoms with Crippen LogP contribution in [0.2, 0.25) is 0 Å². The molecule has 18 heavy (non-hydrogen) atoms. The van der Waals surface area contributed by atoms with Crippen molar-refractivity contribution in [2.75, 3.05) is 6.54 Å². The Labute approximate surface area is 103 Å². The molecule has 0 saturated carbocycles. The van der Waals surface area contributed by atoms with Gasteiger partial charge in [-0.05, 0) is 37.1 Å². The molecule has 0 amide bonds. The summed E-state index contributed by atoms with van der Waals surface area (Å²) in [5, 5.41) is 0. The monoisotopic (exact) mass is 279 g/mol. The standard InChI is InChI=1S/C11H12F3NO2S/c12-8-3-5-9(6-4-8)18(16,17)15-7-1-2-10(15)11(13)14/h3-6,10-11H,1-2,7H2/t10-/m0/s1. The lowest BCUT2D eigenvalue weighted by molar-refractivity contribution is 0.0784. The minimum absolute atomic E-state index is 0.0781. The highest BCUT2D eigenvalue weighted by molar-refractivity contribution is 7.89. The fourth-order valence-corrected chi connectivity index (χ4v) is 3.73. The van der Waals surface area contributed by atoms with E-state index in [4.69, 9.17) is 0 Å². The van der Waals surface area contributed by atoms with E-state index >= 15 is 0 Å². The number of rotatable bonds is 3. The molecule has 1 heterocycles. The molecule has 1 saturated heterocycles. The Bertz CT molecular complexity index is 516. The first-order valence-corrected chi connectivity index (χ1v) is 6.92. The van der Waals surface area contributed by atoms with Gasteiger partial charge < -0.3 is 0 Å². The summed E-state index contributed by atoms with van der Waals surface area (Å²) in [4.78, 5) is -0.156. The molecule has 1 fully saturated rings. The Hall–Kier alpha value is -1.08. The maximum absolute atomic E-state index is 12.7. The molecule has 0 N–H and O–H groups in total. The van der Waals surface area contributed by atoms with Gasteiger partial charge in [0.25, 0.3) is 6.43 Å². The van der Waals surface area contributed by atoms with Gasteiger partial charge in [-0.15, -0.1) is 0 Å². The van der Waals surface area contributed by atoms with E-state index in [-0.39, 0.29) is 17.9 Å². The minimum atomic E-state index is -3.96. The van der Waals surface area contributed by atoms with Gasteiger partial charge in [0.05, 0.1) is 10.9 Å². The molecule has 0 aromatic heterocycles. The largest absolute Gasteiger partial charge is 0.255 e. The van der Waals surface area contributed by atoms with Crippen LogP contribution >= 0.6 is 0 Å². The van der Waals surface area contributed by atoms with E-state index in [0.29, 0.717) is 6.42 Å². The van der Waals surface area contributed by atoms with Crippen molar-refractivity contribution in [1.29, 1.82) is 0 Å². The van der Waals surface area contributed by atoms with Crippen molar-refractivity contribution in [3.8, 4) is 0 Å². The molecule has 0 radical (unpaired) electrons. The Kier molecular flexibility index (Phi) is 3.63. The number of sulfonamides is 1. The van der Waals surface area contributed by atoms with Crippen molar-refractivity contribution in [2.24, 2.45) is 0 Å². The van der Waals surface area contributed by atoms with E-state index in [2.05, 4.69) is 0 Å². The summed E-state index contributed by atoms with van der Waals surface area (Å²) in [6.07, 6.45) is -2.14. The third-order valence-electron chi connectivity index (χ3n) is 2.96. The average molecular weight is 279 g/mol. The molecule has 0 spiro atoms. The number of halogens is 3. The first kappa shape index (κ1) is 13.4. The predicted molar refractivity (Wildman–Crippen MR) is 59.3 cm³/mol. The summed E-state index contributed by atoms with van der Waals surface area (Å²) >= 11 is 0. The van der Waals surface area contributed by atoms with E-state index in [1.54, 1.807) is 0 Å². The Morgan fingerprint density at radius 3 is 2.39 bits per heavy atom. The molecule has 2 rings (SSSR count). The summed E-state index contributed by atoms with van der Waals surface area (Å²) < 4.78 is 63.3. The summed E-state index contributed by atoms with van der Waals surface area (Å²) in [7, 11) is -3.96. The summed E-state index contributed by atoms with van der Waals surface area (Å²) in [6, 6.07) is 2.90. The van der Waals surface area contributed by atoms with Crippen LogP contribution in [-0.4, -0.2) is 31.7 Å². The van der Waals surface area contributed by atoms with Gasteiger partial charge in [-0.2, -0.15) is 4.31 Å². The average Bonchev–Trinajstić information content (AvgIpc) is 2.79. The second-order valence-electron chi connectivity index (χ2n) is 4.11. The van der Waals surface area contributed by atoms with Crippen LogP contribution in [0.1, 0.15) is 12.8 Å². The van der Waals surface area contributed by atoms with Crippen LogP contribution in [0, 0.1) is 5.82 Å². The second-order valence-corrected chi connectivity index (χ2v) is 6.00. The van der Waals surface area contributed by atoms with Gasteiger partial charge in [0.15, 0.2) is 0 Å². The van der Waals surface area contributed by atoms with Gasteiger partial charge >= 0.3 is 0 Å². The van der Waals surface area contributed by atoms with Crippen molar-refractivity contribution >= 4 is 10.0 Å². The molecule has 0 unspecified atom stereocenters. The number of nitrogens with zero attached hydrogens (tertiary/aromatic N) is 1. The maximum atomic E-state index is 12.7. The Morgan fingerprint density at radius 2 is 1.83 bits per heavy atom. The van der Waals surface area contributed by atoms with Gasteiger partial charge in [0.1, 0.15) is 5.82 Å². The van der Waals surface area contributed by atoms with Gasteiger partial charge in [0, 0.05) is 6.54 Å². The van der Waals surface area contributed by atoms with E-state index in [1.165, 1.54) is 0 Å². The smallest absolute Gasteiger partial charge is 0.209 e. The van der Waals surface area contributed by atoms with Crippen LogP contribution in [0.5, 0.6) is 0 Å². The highest BCUT2D eigenvalue weighted by atomic mass is 32.2. The third kappa shape index (κ3) is 2.37. The molecular formula is C11H12F3NO2S. The van der Waals surface area contributed by atoms with Crippen LogP contribution in [0.4, 0.5) is 13.2 Å². The van der Waals surface area contributed by atoms with E-state index < -0.39 is 28.3 Å². The second kappa shape index (κ2) is 4.89. The minimum Gasteiger partial charge on any atom is -0.209 e.